The lowest BCUT2D eigenvalue weighted by Gasteiger charge is -2.18. The summed E-state index contributed by atoms with van der Waals surface area (Å²) in [6.45, 7) is 4.60. The average molecular weight is 379 g/mol. The van der Waals surface area contributed by atoms with Crippen LogP contribution in [-0.4, -0.2) is 42.4 Å². The molecule has 0 saturated carbocycles. The number of hydrogen-bond donors (Lipinski definition) is 1. The number of ether oxygens (including phenoxy) is 1. The molecule has 0 radical (unpaired) electrons. The monoisotopic (exact) mass is 379 g/mol. The number of esters is 1. The van der Waals surface area contributed by atoms with Gasteiger partial charge in [-0.1, -0.05) is 6.07 Å². The van der Waals surface area contributed by atoms with Crippen molar-refractivity contribution in [2.75, 3.05) is 25.0 Å². The van der Waals surface area contributed by atoms with Gasteiger partial charge in [0.2, 0.25) is 0 Å². The van der Waals surface area contributed by atoms with Crippen molar-refractivity contribution in [2.45, 2.75) is 13.8 Å². The van der Waals surface area contributed by atoms with E-state index >= 15 is 0 Å². The number of carbonyl (C=O) groups is 3. The highest BCUT2D eigenvalue weighted by Gasteiger charge is 2.13. The highest BCUT2D eigenvalue weighted by atomic mass is 16.5. The van der Waals surface area contributed by atoms with Crippen molar-refractivity contribution in [3.63, 3.8) is 0 Å². The van der Waals surface area contributed by atoms with E-state index in [2.05, 4.69) is 5.32 Å². The minimum Gasteiger partial charge on any atom is -0.452 e. The minimum absolute atomic E-state index is 0.0728. The molecule has 144 valence electrons. The number of anilines is 1. The summed E-state index contributed by atoms with van der Waals surface area (Å²) in [5, 5.41) is 11.4. The van der Waals surface area contributed by atoms with E-state index in [4.69, 9.17) is 10.00 Å². The first-order valence-electron chi connectivity index (χ1n) is 8.85. The average Bonchev–Trinajstić information content (AvgIpc) is 2.73. The predicted octanol–water partition coefficient (Wildman–Crippen LogP) is 2.84. The van der Waals surface area contributed by atoms with Crippen LogP contribution in [0.1, 0.15) is 40.1 Å². The number of nitrogens with zero attached hydrogens (tertiary/aromatic N) is 2. The number of nitrogens with one attached hydrogen (secondary N) is 1. The highest BCUT2D eigenvalue weighted by molar-refractivity contribution is 5.97. The van der Waals surface area contributed by atoms with Gasteiger partial charge < -0.3 is 15.0 Å². The summed E-state index contributed by atoms with van der Waals surface area (Å²) in [7, 11) is 0. The molecule has 0 aliphatic rings. The summed E-state index contributed by atoms with van der Waals surface area (Å²) in [6.07, 6.45) is 0. The Bertz CT molecular complexity index is 897. The first-order valence-corrected chi connectivity index (χ1v) is 8.85. The van der Waals surface area contributed by atoms with Gasteiger partial charge in [0.1, 0.15) is 0 Å². The fourth-order valence-electron chi connectivity index (χ4n) is 2.52. The summed E-state index contributed by atoms with van der Waals surface area (Å²) in [5.74, 6) is -1.27. The second-order valence-electron chi connectivity index (χ2n) is 5.87. The zero-order valence-electron chi connectivity index (χ0n) is 15.8. The largest absolute Gasteiger partial charge is 0.452 e. The van der Waals surface area contributed by atoms with Gasteiger partial charge >= 0.3 is 5.97 Å². The molecule has 7 heteroatoms. The van der Waals surface area contributed by atoms with Crippen molar-refractivity contribution in [3.05, 3.63) is 65.2 Å². The summed E-state index contributed by atoms with van der Waals surface area (Å²) >= 11 is 0. The van der Waals surface area contributed by atoms with Crippen molar-refractivity contribution >= 4 is 23.5 Å². The molecule has 0 atom stereocenters. The topological polar surface area (TPSA) is 99.5 Å². The third-order valence-electron chi connectivity index (χ3n) is 4.03. The molecule has 2 rings (SSSR count). The third-order valence-corrected chi connectivity index (χ3v) is 4.03. The standard InChI is InChI=1S/C21H21N3O4/c1-3-24(4-2)20(26)16-8-10-18(11-9-16)23-19(25)14-28-21(27)17-7-5-6-15(12-17)13-22/h5-12H,3-4,14H2,1-2H3,(H,23,25). The molecule has 0 aliphatic carbocycles. The van der Waals surface area contributed by atoms with E-state index < -0.39 is 18.5 Å². The summed E-state index contributed by atoms with van der Waals surface area (Å²) < 4.78 is 4.96. The highest BCUT2D eigenvalue weighted by Crippen LogP contribution is 2.12. The molecule has 0 saturated heterocycles. The number of benzene rings is 2. The normalized spacial score (nSPS) is 9.89. The van der Waals surface area contributed by atoms with Crippen molar-refractivity contribution in [1.82, 2.24) is 4.90 Å². The smallest absolute Gasteiger partial charge is 0.338 e. The van der Waals surface area contributed by atoms with Crippen LogP contribution in [0.15, 0.2) is 48.5 Å². The van der Waals surface area contributed by atoms with Gasteiger partial charge in [0.15, 0.2) is 6.61 Å². The Morgan fingerprint density at radius 3 is 2.32 bits per heavy atom. The van der Waals surface area contributed by atoms with Gasteiger partial charge in [-0.15, -0.1) is 0 Å². The first-order chi connectivity index (χ1) is 13.5. The Balaban J connectivity index is 1.90. The fourth-order valence-corrected chi connectivity index (χ4v) is 2.52. The lowest BCUT2D eigenvalue weighted by molar-refractivity contribution is -0.119. The molecule has 0 unspecified atom stereocenters. The van der Waals surface area contributed by atoms with Crippen LogP contribution in [0.5, 0.6) is 0 Å². The zero-order chi connectivity index (χ0) is 20.5. The van der Waals surface area contributed by atoms with Crippen LogP contribution in [0.25, 0.3) is 0 Å². The van der Waals surface area contributed by atoms with Gasteiger partial charge in [-0.25, -0.2) is 4.79 Å². The van der Waals surface area contributed by atoms with Gasteiger partial charge in [0, 0.05) is 24.3 Å². The van der Waals surface area contributed by atoms with Crippen molar-refractivity contribution < 1.29 is 19.1 Å². The molecule has 2 aromatic rings. The SMILES string of the molecule is CCN(CC)C(=O)c1ccc(NC(=O)COC(=O)c2cccc(C#N)c2)cc1. The number of amides is 2. The number of rotatable bonds is 7. The molecule has 2 amide bonds. The van der Waals surface area contributed by atoms with Crippen LogP contribution >= 0.6 is 0 Å². The second kappa shape index (κ2) is 9.88. The third kappa shape index (κ3) is 5.42. The van der Waals surface area contributed by atoms with Crippen molar-refractivity contribution in [1.29, 1.82) is 5.26 Å². The molecule has 28 heavy (non-hydrogen) atoms. The van der Waals surface area contributed by atoms with Crippen LogP contribution in [-0.2, 0) is 9.53 Å². The molecule has 0 spiro atoms. The Kier molecular flexibility index (Phi) is 7.28. The lowest BCUT2D eigenvalue weighted by atomic mass is 10.1. The van der Waals surface area contributed by atoms with E-state index in [1.165, 1.54) is 12.1 Å². The van der Waals surface area contributed by atoms with Crippen LogP contribution in [0.2, 0.25) is 0 Å². The van der Waals surface area contributed by atoms with Gasteiger partial charge in [-0.3, -0.25) is 9.59 Å². The summed E-state index contributed by atoms with van der Waals surface area (Å²) in [4.78, 5) is 37.9. The van der Waals surface area contributed by atoms with Crippen LogP contribution in [0.3, 0.4) is 0 Å². The molecule has 0 aromatic heterocycles. The van der Waals surface area contributed by atoms with Gasteiger partial charge in [-0.05, 0) is 56.3 Å². The van der Waals surface area contributed by atoms with E-state index in [0.29, 0.717) is 29.9 Å². The number of hydrogen-bond acceptors (Lipinski definition) is 5. The maximum Gasteiger partial charge on any atom is 0.338 e. The van der Waals surface area contributed by atoms with E-state index in [-0.39, 0.29) is 11.5 Å². The van der Waals surface area contributed by atoms with Gasteiger partial charge in [0.05, 0.1) is 17.2 Å². The molecule has 7 nitrogen and oxygen atoms in total. The van der Waals surface area contributed by atoms with Gasteiger partial charge in [-0.2, -0.15) is 5.26 Å². The summed E-state index contributed by atoms with van der Waals surface area (Å²) in [5.41, 5.74) is 1.55. The number of nitriles is 1. The van der Waals surface area contributed by atoms with E-state index in [1.807, 2.05) is 19.9 Å². The second-order valence-corrected chi connectivity index (χ2v) is 5.87. The Labute approximate surface area is 163 Å². The molecule has 2 aromatic carbocycles. The maximum atomic E-state index is 12.3. The van der Waals surface area contributed by atoms with Crippen molar-refractivity contribution in [2.24, 2.45) is 0 Å². The Morgan fingerprint density at radius 1 is 1.04 bits per heavy atom. The minimum atomic E-state index is -0.688. The molecule has 0 heterocycles. The fraction of sp³-hybridized carbons (Fsp3) is 0.238. The lowest BCUT2D eigenvalue weighted by Crippen LogP contribution is -2.30. The van der Waals surface area contributed by atoms with Crippen LogP contribution < -0.4 is 5.32 Å². The van der Waals surface area contributed by atoms with E-state index in [0.717, 1.165) is 0 Å². The molecular formula is C21H21N3O4. The maximum absolute atomic E-state index is 12.3. The van der Waals surface area contributed by atoms with Crippen LogP contribution in [0.4, 0.5) is 5.69 Å². The predicted molar refractivity (Wildman–Crippen MR) is 104 cm³/mol. The van der Waals surface area contributed by atoms with Gasteiger partial charge in [0.25, 0.3) is 11.8 Å². The number of carbonyl (C=O) groups excluding carboxylic acids is 3. The zero-order valence-corrected chi connectivity index (χ0v) is 15.8. The molecule has 0 aliphatic heterocycles. The summed E-state index contributed by atoms with van der Waals surface area (Å²) in [6, 6.07) is 14.5. The quantitative estimate of drug-likeness (QED) is 0.746. The molecule has 0 bridgehead atoms. The van der Waals surface area contributed by atoms with Crippen molar-refractivity contribution in [3.8, 4) is 6.07 Å². The Morgan fingerprint density at radius 2 is 1.71 bits per heavy atom. The first kappa shape index (κ1) is 20.6. The van der Waals surface area contributed by atoms with E-state index in [1.54, 1.807) is 41.3 Å². The molecule has 0 fully saturated rings. The molecular weight excluding hydrogens is 358 g/mol. The molecule has 1 N–H and O–H groups in total. The Hall–Kier alpha value is -3.66. The van der Waals surface area contributed by atoms with E-state index in [9.17, 15) is 14.4 Å². The van der Waals surface area contributed by atoms with Crippen LogP contribution in [0, 0.1) is 11.3 Å².